The number of carboxylic acids is 1. The summed E-state index contributed by atoms with van der Waals surface area (Å²) in [6.45, 7) is 4.16. The molecule has 0 saturated heterocycles. The molecular weight excluding hydrogens is 290 g/mol. The number of carboxylic acid groups (broad SMARTS) is 1. The molecule has 1 N–H and O–H groups in total. The zero-order valence-electron chi connectivity index (χ0n) is 14.3. The molecule has 1 saturated carbocycles. The van der Waals surface area contributed by atoms with Gasteiger partial charge in [-0.25, -0.2) is 0 Å². The minimum Gasteiger partial charge on any atom is -0.550 e. The summed E-state index contributed by atoms with van der Waals surface area (Å²) >= 11 is 0. The molecule has 1 heterocycles. The highest BCUT2D eigenvalue weighted by molar-refractivity contribution is 5.65. The third-order valence-electron chi connectivity index (χ3n) is 5.13. The second-order valence-corrected chi connectivity index (χ2v) is 6.80. The number of carbonyl (C=O) groups excluding carboxylic acids is 1. The van der Waals surface area contributed by atoms with E-state index in [0.29, 0.717) is 12.8 Å². The Labute approximate surface area is 139 Å². The van der Waals surface area contributed by atoms with Gasteiger partial charge in [0.05, 0.1) is 5.60 Å². The molecule has 128 valence electrons. The lowest BCUT2D eigenvalue weighted by Crippen LogP contribution is -2.43. The molecule has 1 aliphatic carbocycles. The number of aliphatic hydroxyl groups is 1. The summed E-state index contributed by atoms with van der Waals surface area (Å²) in [7, 11) is 0. The van der Waals surface area contributed by atoms with E-state index < -0.39 is 11.6 Å². The highest BCUT2D eigenvalue weighted by atomic mass is 16.4. The van der Waals surface area contributed by atoms with Crippen molar-refractivity contribution in [3.05, 3.63) is 29.1 Å². The Morgan fingerprint density at radius 3 is 2.30 bits per heavy atom. The number of nitrogens with zero attached hydrogens (tertiary/aromatic N) is 1. The number of carbonyl (C=O) groups is 1. The average molecular weight is 318 g/mol. The number of aromatic nitrogens is 1. The summed E-state index contributed by atoms with van der Waals surface area (Å²) < 4.78 is 0. The van der Waals surface area contributed by atoms with Gasteiger partial charge in [0.25, 0.3) is 0 Å². The fourth-order valence-corrected chi connectivity index (χ4v) is 3.74. The molecule has 4 nitrogen and oxygen atoms in total. The molecule has 4 heteroatoms. The van der Waals surface area contributed by atoms with Crippen molar-refractivity contribution >= 4 is 5.97 Å². The third kappa shape index (κ3) is 4.77. The lowest BCUT2D eigenvalue weighted by Gasteiger charge is -2.35. The van der Waals surface area contributed by atoms with Gasteiger partial charge in [0.1, 0.15) is 0 Å². The van der Waals surface area contributed by atoms with Gasteiger partial charge in [-0.3, -0.25) is 4.98 Å². The first-order valence-electron chi connectivity index (χ1n) is 8.87. The zero-order chi connectivity index (χ0) is 16.9. The Hall–Kier alpha value is -1.42. The van der Waals surface area contributed by atoms with Crippen molar-refractivity contribution in [3.8, 4) is 0 Å². The lowest BCUT2D eigenvalue weighted by atomic mass is 9.79. The molecule has 0 spiro atoms. The quantitative estimate of drug-likeness (QED) is 0.797. The highest BCUT2D eigenvalue weighted by Gasteiger charge is 2.37. The van der Waals surface area contributed by atoms with Gasteiger partial charge in [-0.1, -0.05) is 26.7 Å². The fraction of sp³-hybridized carbons (Fsp3) is 0.684. The molecule has 0 unspecified atom stereocenters. The Bertz CT molecular complexity index is 515. The second-order valence-electron chi connectivity index (χ2n) is 6.80. The Kier molecular flexibility index (Phi) is 6.17. The van der Waals surface area contributed by atoms with E-state index in [1.165, 1.54) is 0 Å². The summed E-state index contributed by atoms with van der Waals surface area (Å²) in [6.07, 6.45) is 6.65. The predicted octanol–water partition coefficient (Wildman–Crippen LogP) is 2.20. The van der Waals surface area contributed by atoms with E-state index in [9.17, 15) is 15.0 Å². The summed E-state index contributed by atoms with van der Waals surface area (Å²) in [6, 6.07) is 4.15. The third-order valence-corrected chi connectivity index (χ3v) is 5.13. The maximum atomic E-state index is 11.1. The van der Waals surface area contributed by atoms with Crippen LogP contribution in [-0.4, -0.2) is 21.7 Å². The average Bonchev–Trinajstić information content (AvgIpc) is 3.07. The van der Waals surface area contributed by atoms with E-state index in [1.54, 1.807) is 0 Å². The van der Waals surface area contributed by atoms with Gasteiger partial charge in [-0.05, 0) is 62.1 Å². The van der Waals surface area contributed by atoms with Gasteiger partial charge in [-0.2, -0.15) is 0 Å². The van der Waals surface area contributed by atoms with E-state index in [0.717, 1.165) is 55.5 Å². The molecule has 0 aromatic carbocycles. The van der Waals surface area contributed by atoms with Crippen molar-refractivity contribution in [2.75, 3.05) is 0 Å². The van der Waals surface area contributed by atoms with E-state index in [-0.39, 0.29) is 12.3 Å². The van der Waals surface area contributed by atoms with Crippen molar-refractivity contribution in [1.82, 2.24) is 4.98 Å². The molecule has 1 aromatic heterocycles. The lowest BCUT2D eigenvalue weighted by molar-refractivity contribution is -0.310. The van der Waals surface area contributed by atoms with Crippen LogP contribution in [0.5, 0.6) is 0 Å². The van der Waals surface area contributed by atoms with Crippen LogP contribution in [0.25, 0.3) is 0 Å². The first kappa shape index (κ1) is 17.9. The van der Waals surface area contributed by atoms with Crippen molar-refractivity contribution in [2.24, 2.45) is 5.92 Å². The molecule has 1 fully saturated rings. The van der Waals surface area contributed by atoms with Crippen LogP contribution in [0, 0.1) is 5.92 Å². The highest BCUT2D eigenvalue weighted by Crippen LogP contribution is 2.38. The monoisotopic (exact) mass is 318 g/mol. The first-order valence-corrected chi connectivity index (χ1v) is 8.87. The van der Waals surface area contributed by atoms with Crippen LogP contribution in [0.2, 0.25) is 0 Å². The minimum absolute atomic E-state index is 0.0820. The van der Waals surface area contributed by atoms with E-state index in [1.807, 2.05) is 0 Å². The van der Waals surface area contributed by atoms with Gasteiger partial charge in [-0.15, -0.1) is 0 Å². The van der Waals surface area contributed by atoms with Gasteiger partial charge in [0, 0.05) is 23.8 Å². The number of pyridine rings is 1. The molecule has 2 rings (SSSR count). The molecular formula is C19H28NO3-. The predicted molar refractivity (Wildman–Crippen MR) is 87.8 cm³/mol. The molecule has 1 aromatic rings. The summed E-state index contributed by atoms with van der Waals surface area (Å²) in [4.78, 5) is 15.7. The summed E-state index contributed by atoms with van der Waals surface area (Å²) in [5.74, 6) is -1.07. The Morgan fingerprint density at radius 2 is 1.83 bits per heavy atom. The van der Waals surface area contributed by atoms with Crippen LogP contribution in [0.1, 0.15) is 69.3 Å². The topological polar surface area (TPSA) is 73.2 Å². The second kappa shape index (κ2) is 7.91. The number of rotatable bonds is 8. The van der Waals surface area contributed by atoms with Crippen LogP contribution in [0.4, 0.5) is 0 Å². The fourth-order valence-electron chi connectivity index (χ4n) is 3.74. The van der Waals surface area contributed by atoms with Crippen LogP contribution >= 0.6 is 0 Å². The SMILES string of the molecule is CCc1cc(CC[C@@](O)(CC(=O)[O-])C2CCCC2)cc(CC)n1. The van der Waals surface area contributed by atoms with Crippen LogP contribution in [0.15, 0.2) is 12.1 Å². The number of hydrogen-bond donors (Lipinski definition) is 1. The molecule has 0 radical (unpaired) electrons. The van der Waals surface area contributed by atoms with Crippen LogP contribution in [0.3, 0.4) is 0 Å². The standard InChI is InChI=1S/C19H29NO3/c1-3-16-11-14(12-17(4-2)20-16)9-10-19(23,13-18(21)22)15-7-5-6-8-15/h11-12,15,23H,3-10,13H2,1-2H3,(H,21,22)/p-1/t19-/m1/s1. The zero-order valence-corrected chi connectivity index (χ0v) is 14.3. The molecule has 0 aliphatic heterocycles. The molecule has 1 aliphatic rings. The van der Waals surface area contributed by atoms with E-state index in [4.69, 9.17) is 0 Å². The molecule has 0 amide bonds. The molecule has 1 atom stereocenters. The first-order chi connectivity index (χ1) is 11.0. The number of aliphatic carboxylic acids is 1. The van der Waals surface area contributed by atoms with Gasteiger partial charge < -0.3 is 15.0 Å². The van der Waals surface area contributed by atoms with Crippen molar-refractivity contribution < 1.29 is 15.0 Å². The minimum atomic E-state index is -1.15. The Balaban J connectivity index is 2.12. The molecule has 23 heavy (non-hydrogen) atoms. The number of aryl methyl sites for hydroxylation is 3. The van der Waals surface area contributed by atoms with E-state index >= 15 is 0 Å². The van der Waals surface area contributed by atoms with Crippen molar-refractivity contribution in [3.63, 3.8) is 0 Å². The largest absolute Gasteiger partial charge is 0.550 e. The van der Waals surface area contributed by atoms with Gasteiger partial charge in [0.15, 0.2) is 0 Å². The van der Waals surface area contributed by atoms with Gasteiger partial charge >= 0.3 is 0 Å². The smallest absolute Gasteiger partial charge is 0.0730 e. The van der Waals surface area contributed by atoms with Crippen molar-refractivity contribution in [1.29, 1.82) is 0 Å². The molecule has 0 bridgehead atoms. The maximum absolute atomic E-state index is 11.1. The van der Waals surface area contributed by atoms with Crippen LogP contribution in [-0.2, 0) is 24.1 Å². The summed E-state index contributed by atoms with van der Waals surface area (Å²) in [5.41, 5.74) is 2.12. The Morgan fingerprint density at radius 1 is 1.26 bits per heavy atom. The van der Waals surface area contributed by atoms with Crippen LogP contribution < -0.4 is 5.11 Å². The van der Waals surface area contributed by atoms with Crippen molar-refractivity contribution in [2.45, 2.75) is 77.2 Å². The maximum Gasteiger partial charge on any atom is 0.0730 e. The number of hydrogen-bond acceptors (Lipinski definition) is 4. The van der Waals surface area contributed by atoms with Gasteiger partial charge in [0.2, 0.25) is 0 Å². The van der Waals surface area contributed by atoms with E-state index in [2.05, 4.69) is 31.0 Å². The normalized spacial score (nSPS) is 18.0. The summed E-state index contributed by atoms with van der Waals surface area (Å²) in [5, 5.41) is 22.1.